The molecule has 0 unspecified atom stereocenters. The normalized spacial score (nSPS) is 11.3. The third-order valence-electron chi connectivity index (χ3n) is 2.01. The molecule has 0 saturated carbocycles. The molecule has 9 heteroatoms. The molecule has 0 aliphatic heterocycles. The van der Waals surface area contributed by atoms with Gasteiger partial charge in [-0.1, -0.05) is 12.1 Å². The maximum atomic E-state index is 12.1. The highest BCUT2D eigenvalue weighted by Gasteiger charge is 2.39. The van der Waals surface area contributed by atoms with Crippen molar-refractivity contribution in [1.29, 1.82) is 0 Å². The second-order valence-electron chi connectivity index (χ2n) is 3.22. The highest BCUT2D eigenvalue weighted by molar-refractivity contribution is 5.96. The first-order chi connectivity index (χ1) is 8.48. The number of rotatable bonds is 2. The summed E-state index contributed by atoms with van der Waals surface area (Å²) >= 11 is 0. The smallest absolute Gasteiger partial charge is 0.316 e. The van der Waals surface area contributed by atoms with Crippen molar-refractivity contribution >= 4 is 11.6 Å². The van der Waals surface area contributed by atoms with E-state index in [0.717, 1.165) is 4.68 Å². The molecule has 2 aromatic rings. The Morgan fingerprint density at radius 1 is 1.28 bits per heavy atom. The van der Waals surface area contributed by atoms with Crippen LogP contribution in [0.5, 0.6) is 0 Å². The molecule has 1 N–H and O–H groups in total. The summed E-state index contributed by atoms with van der Waals surface area (Å²) in [4.78, 5) is 10.9. The molecular weight excluding hydrogens is 251 g/mol. The molecule has 2 rings (SSSR count). The second-order valence-corrected chi connectivity index (χ2v) is 3.22. The van der Waals surface area contributed by atoms with Crippen molar-refractivity contribution < 1.29 is 18.0 Å². The van der Waals surface area contributed by atoms with E-state index >= 15 is 0 Å². The largest absolute Gasteiger partial charge is 0.471 e. The summed E-state index contributed by atoms with van der Waals surface area (Å²) in [6, 6.07) is 5.86. The summed E-state index contributed by atoms with van der Waals surface area (Å²) in [5.41, 5.74) is 0.201. The molecule has 0 radical (unpaired) electrons. The Kier molecular flexibility index (Phi) is 2.96. The van der Waals surface area contributed by atoms with Gasteiger partial charge >= 0.3 is 12.1 Å². The van der Waals surface area contributed by atoms with Crippen LogP contribution < -0.4 is 5.32 Å². The van der Waals surface area contributed by atoms with Crippen LogP contribution in [0, 0.1) is 0 Å². The van der Waals surface area contributed by atoms with Gasteiger partial charge < -0.3 is 5.32 Å². The molecule has 0 spiro atoms. The number of benzene rings is 1. The van der Waals surface area contributed by atoms with Gasteiger partial charge in [-0.2, -0.15) is 17.9 Å². The molecule has 1 aromatic carbocycles. The van der Waals surface area contributed by atoms with Gasteiger partial charge in [0.1, 0.15) is 6.33 Å². The molecule has 0 atom stereocenters. The lowest BCUT2D eigenvalue weighted by Crippen LogP contribution is -2.30. The Morgan fingerprint density at radius 2 is 2.00 bits per heavy atom. The van der Waals surface area contributed by atoms with E-state index < -0.39 is 12.1 Å². The van der Waals surface area contributed by atoms with Crippen molar-refractivity contribution in [3.05, 3.63) is 30.6 Å². The number of hydrogen-bond donors (Lipinski definition) is 1. The zero-order chi connectivity index (χ0) is 13.2. The van der Waals surface area contributed by atoms with E-state index in [1.54, 1.807) is 11.4 Å². The highest BCUT2D eigenvalue weighted by atomic mass is 19.4. The SMILES string of the molecule is O=C(Nc1ccccc1-n1cnnn1)C(F)(F)F. The molecule has 0 aliphatic rings. The quantitative estimate of drug-likeness (QED) is 0.876. The zero-order valence-corrected chi connectivity index (χ0v) is 8.72. The molecule has 0 bridgehead atoms. The van der Waals surface area contributed by atoms with Gasteiger partial charge in [0.15, 0.2) is 0 Å². The van der Waals surface area contributed by atoms with Crippen molar-refractivity contribution in [1.82, 2.24) is 20.2 Å². The van der Waals surface area contributed by atoms with Crippen molar-refractivity contribution in [2.45, 2.75) is 6.18 Å². The van der Waals surface area contributed by atoms with Crippen LogP contribution in [0.4, 0.5) is 18.9 Å². The minimum Gasteiger partial charge on any atom is -0.316 e. The van der Waals surface area contributed by atoms with E-state index in [4.69, 9.17) is 0 Å². The maximum Gasteiger partial charge on any atom is 0.471 e. The van der Waals surface area contributed by atoms with Crippen molar-refractivity contribution in [2.75, 3.05) is 5.32 Å². The first-order valence-electron chi connectivity index (χ1n) is 4.69. The third kappa shape index (κ3) is 2.44. The standard InChI is InChI=1S/C9H6F3N5O/c10-9(11,12)8(18)14-6-3-1-2-4-7(6)17-5-13-15-16-17/h1-5H,(H,14,18). The van der Waals surface area contributed by atoms with Gasteiger partial charge in [0.05, 0.1) is 11.4 Å². The van der Waals surface area contributed by atoms with E-state index in [0.29, 0.717) is 0 Å². The molecule has 0 fully saturated rings. The minimum absolute atomic E-state index is 0.0351. The molecule has 18 heavy (non-hydrogen) atoms. The minimum atomic E-state index is -4.95. The fourth-order valence-electron chi connectivity index (χ4n) is 1.24. The van der Waals surface area contributed by atoms with Gasteiger partial charge in [0.25, 0.3) is 0 Å². The van der Waals surface area contributed by atoms with Crippen LogP contribution in [0.15, 0.2) is 30.6 Å². The fourth-order valence-corrected chi connectivity index (χ4v) is 1.24. The number of carbonyl (C=O) groups is 1. The number of halogens is 3. The summed E-state index contributed by atoms with van der Waals surface area (Å²) in [5.74, 6) is -2.05. The number of aromatic nitrogens is 4. The van der Waals surface area contributed by atoms with Crippen molar-refractivity contribution in [3.8, 4) is 5.69 Å². The molecule has 0 saturated heterocycles. The van der Waals surface area contributed by atoms with E-state index in [2.05, 4.69) is 15.5 Å². The van der Waals surface area contributed by atoms with Crippen molar-refractivity contribution in [3.63, 3.8) is 0 Å². The van der Waals surface area contributed by atoms with E-state index in [9.17, 15) is 18.0 Å². The number of carbonyl (C=O) groups excluding carboxylic acids is 1. The summed E-state index contributed by atoms with van der Waals surface area (Å²) in [5, 5.41) is 12.0. The number of tetrazole rings is 1. The lowest BCUT2D eigenvalue weighted by atomic mass is 10.2. The van der Waals surface area contributed by atoms with Crippen LogP contribution in [0.25, 0.3) is 5.69 Å². The third-order valence-corrected chi connectivity index (χ3v) is 2.01. The summed E-state index contributed by atoms with van der Waals surface area (Å²) in [7, 11) is 0. The van der Waals surface area contributed by atoms with Crippen LogP contribution in [0.2, 0.25) is 0 Å². The van der Waals surface area contributed by atoms with Gasteiger partial charge in [0, 0.05) is 0 Å². The van der Waals surface area contributed by atoms with Gasteiger partial charge in [-0.25, -0.2) is 0 Å². The molecular formula is C9H6F3N5O. The molecule has 94 valence electrons. The first kappa shape index (κ1) is 12.0. The number of amides is 1. The lowest BCUT2D eigenvalue weighted by molar-refractivity contribution is -0.167. The van der Waals surface area contributed by atoms with Crippen LogP contribution in [0.3, 0.4) is 0 Å². The number of hydrogen-bond acceptors (Lipinski definition) is 4. The number of para-hydroxylation sites is 2. The average Bonchev–Trinajstić information content (AvgIpc) is 2.82. The number of anilines is 1. The topological polar surface area (TPSA) is 72.7 Å². The maximum absolute atomic E-state index is 12.1. The van der Waals surface area contributed by atoms with Crippen LogP contribution in [-0.4, -0.2) is 32.3 Å². The van der Waals surface area contributed by atoms with Gasteiger partial charge in [-0.05, 0) is 22.6 Å². The van der Waals surface area contributed by atoms with Gasteiger partial charge in [-0.15, -0.1) is 5.10 Å². The predicted octanol–water partition coefficient (Wildman–Crippen LogP) is 1.16. The predicted molar refractivity (Wildman–Crippen MR) is 53.8 cm³/mol. The number of nitrogens with one attached hydrogen (secondary N) is 1. The molecule has 0 aliphatic carbocycles. The summed E-state index contributed by atoms with van der Waals surface area (Å²) < 4.78 is 37.6. The Balaban J connectivity index is 2.32. The fraction of sp³-hybridized carbons (Fsp3) is 0.111. The Labute approximate surface area is 98.4 Å². The number of nitrogens with zero attached hydrogens (tertiary/aromatic N) is 4. The monoisotopic (exact) mass is 257 g/mol. The Bertz CT molecular complexity index is 552. The Morgan fingerprint density at radius 3 is 2.61 bits per heavy atom. The Hall–Kier alpha value is -2.45. The van der Waals surface area contributed by atoms with E-state index in [1.807, 2.05) is 0 Å². The zero-order valence-electron chi connectivity index (χ0n) is 8.72. The van der Waals surface area contributed by atoms with E-state index in [-0.39, 0.29) is 11.4 Å². The highest BCUT2D eigenvalue weighted by Crippen LogP contribution is 2.22. The average molecular weight is 257 g/mol. The van der Waals surface area contributed by atoms with E-state index in [1.165, 1.54) is 24.5 Å². The molecule has 1 aromatic heterocycles. The first-order valence-corrected chi connectivity index (χ1v) is 4.69. The number of alkyl halides is 3. The van der Waals surface area contributed by atoms with Gasteiger partial charge in [0.2, 0.25) is 0 Å². The molecule has 1 heterocycles. The summed E-state index contributed by atoms with van der Waals surface area (Å²) in [6.07, 6.45) is -3.74. The molecule has 6 nitrogen and oxygen atoms in total. The van der Waals surface area contributed by atoms with Crippen molar-refractivity contribution in [2.24, 2.45) is 0 Å². The summed E-state index contributed by atoms with van der Waals surface area (Å²) in [6.45, 7) is 0. The van der Waals surface area contributed by atoms with Crippen LogP contribution in [-0.2, 0) is 4.79 Å². The second kappa shape index (κ2) is 4.43. The molecule has 1 amide bonds. The van der Waals surface area contributed by atoms with Crippen LogP contribution >= 0.6 is 0 Å². The lowest BCUT2D eigenvalue weighted by Gasteiger charge is -2.11. The van der Waals surface area contributed by atoms with Gasteiger partial charge in [-0.3, -0.25) is 4.79 Å². The van der Waals surface area contributed by atoms with Crippen LogP contribution in [0.1, 0.15) is 0 Å².